The molecule has 0 aliphatic rings. The maximum Gasteiger partial charge on any atom is 0.204 e. The van der Waals surface area contributed by atoms with Crippen molar-refractivity contribution in [1.29, 1.82) is 0 Å². The number of hydrogen-bond donors (Lipinski definition) is 0. The zero-order valence-electron chi connectivity index (χ0n) is 9.35. The van der Waals surface area contributed by atoms with E-state index in [4.69, 9.17) is 0 Å². The number of aryl methyl sites for hydroxylation is 1. The molecule has 0 saturated heterocycles. The number of rotatable bonds is 3. The normalized spacial score (nSPS) is 10.2. The van der Waals surface area contributed by atoms with Crippen molar-refractivity contribution < 1.29 is 9.18 Å². The van der Waals surface area contributed by atoms with E-state index in [-0.39, 0.29) is 23.8 Å². The summed E-state index contributed by atoms with van der Waals surface area (Å²) >= 11 is 0. The van der Waals surface area contributed by atoms with Crippen LogP contribution in [0.3, 0.4) is 0 Å². The highest BCUT2D eigenvalue weighted by molar-refractivity contribution is 5.94. The second kappa shape index (κ2) is 4.82. The molecule has 0 amide bonds. The van der Waals surface area contributed by atoms with Crippen molar-refractivity contribution in [2.45, 2.75) is 13.3 Å². The van der Waals surface area contributed by atoms with Crippen LogP contribution in [0.5, 0.6) is 0 Å². The molecule has 2 aromatic rings. The molecule has 86 valence electrons. The van der Waals surface area contributed by atoms with E-state index in [2.05, 4.69) is 9.97 Å². The number of Topliss-reactive ketones (excluding diaryl/α,β-unsaturated/α-hetero) is 1. The molecule has 0 spiro atoms. The monoisotopic (exact) mass is 230 g/mol. The number of ketones is 1. The zero-order chi connectivity index (χ0) is 12.3. The van der Waals surface area contributed by atoms with Crippen LogP contribution in [0, 0.1) is 12.7 Å². The molecule has 3 nitrogen and oxygen atoms in total. The van der Waals surface area contributed by atoms with Gasteiger partial charge in [0.25, 0.3) is 0 Å². The van der Waals surface area contributed by atoms with E-state index in [0.29, 0.717) is 0 Å². The third kappa shape index (κ3) is 2.72. The Kier molecular flexibility index (Phi) is 3.23. The molecule has 0 N–H and O–H groups in total. The van der Waals surface area contributed by atoms with Gasteiger partial charge in [0.1, 0.15) is 5.82 Å². The molecular formula is C13H11FN2O. The van der Waals surface area contributed by atoms with Crippen LogP contribution in [0.2, 0.25) is 0 Å². The predicted octanol–water partition coefficient (Wildman–Crippen LogP) is 2.35. The minimum Gasteiger partial charge on any atom is -0.290 e. The number of aromatic nitrogens is 2. The van der Waals surface area contributed by atoms with Crippen molar-refractivity contribution in [3.63, 3.8) is 0 Å². The first kappa shape index (κ1) is 11.4. The topological polar surface area (TPSA) is 42.9 Å². The minimum absolute atomic E-state index is 0.166. The molecule has 0 aliphatic carbocycles. The molecule has 0 radical (unpaired) electrons. The van der Waals surface area contributed by atoms with Crippen LogP contribution in [0.1, 0.15) is 21.7 Å². The molecular weight excluding hydrogens is 219 g/mol. The summed E-state index contributed by atoms with van der Waals surface area (Å²) < 4.78 is 12.9. The van der Waals surface area contributed by atoms with Crippen LogP contribution in [0.25, 0.3) is 0 Å². The summed E-state index contributed by atoms with van der Waals surface area (Å²) in [6, 6.07) is 6.03. The van der Waals surface area contributed by atoms with E-state index in [1.165, 1.54) is 24.5 Å². The van der Waals surface area contributed by atoms with Crippen molar-refractivity contribution >= 4 is 5.78 Å². The quantitative estimate of drug-likeness (QED) is 0.760. The maximum absolute atomic E-state index is 12.9. The van der Waals surface area contributed by atoms with Crippen molar-refractivity contribution in [1.82, 2.24) is 9.97 Å². The van der Waals surface area contributed by atoms with Gasteiger partial charge < -0.3 is 0 Å². The van der Waals surface area contributed by atoms with Gasteiger partial charge in [0.05, 0.1) is 0 Å². The Balaban J connectivity index is 2.19. The third-order valence-electron chi connectivity index (χ3n) is 2.47. The molecule has 0 unspecified atom stereocenters. The van der Waals surface area contributed by atoms with Crippen LogP contribution in [-0.2, 0) is 6.42 Å². The maximum atomic E-state index is 12.9. The Morgan fingerprint density at radius 1 is 1.29 bits per heavy atom. The van der Waals surface area contributed by atoms with E-state index in [0.717, 1.165) is 11.1 Å². The Labute approximate surface area is 98.3 Å². The molecule has 0 bridgehead atoms. The van der Waals surface area contributed by atoms with E-state index in [1.54, 1.807) is 19.1 Å². The molecule has 4 heteroatoms. The number of benzene rings is 1. The summed E-state index contributed by atoms with van der Waals surface area (Å²) in [5.41, 5.74) is 1.55. The van der Waals surface area contributed by atoms with Gasteiger partial charge in [0.15, 0.2) is 5.82 Å². The Morgan fingerprint density at radius 3 is 2.65 bits per heavy atom. The molecule has 1 aromatic heterocycles. The summed E-state index contributed by atoms with van der Waals surface area (Å²) in [5.74, 6) is -0.272. The summed E-state index contributed by atoms with van der Waals surface area (Å²) in [7, 11) is 0. The Hall–Kier alpha value is -2.10. The van der Waals surface area contributed by atoms with Crippen molar-refractivity contribution in [2.75, 3.05) is 0 Å². The van der Waals surface area contributed by atoms with Gasteiger partial charge in [0.2, 0.25) is 5.78 Å². The molecule has 1 aromatic carbocycles. The fraction of sp³-hybridized carbons (Fsp3) is 0.154. The summed E-state index contributed by atoms with van der Waals surface area (Å²) in [5, 5.41) is 0. The lowest BCUT2D eigenvalue weighted by atomic mass is 10.0. The second-order valence-electron chi connectivity index (χ2n) is 3.74. The number of carbonyl (C=O) groups is 1. The first-order valence-corrected chi connectivity index (χ1v) is 5.22. The van der Waals surface area contributed by atoms with E-state index in [9.17, 15) is 9.18 Å². The molecule has 2 rings (SSSR count). The number of nitrogens with zero attached hydrogens (tertiary/aromatic N) is 2. The van der Waals surface area contributed by atoms with Gasteiger partial charge >= 0.3 is 0 Å². The van der Waals surface area contributed by atoms with E-state index < -0.39 is 0 Å². The summed E-state index contributed by atoms with van der Waals surface area (Å²) in [4.78, 5) is 19.6. The lowest BCUT2D eigenvalue weighted by Gasteiger charge is -2.04. The highest BCUT2D eigenvalue weighted by atomic mass is 19.1. The lowest BCUT2D eigenvalue weighted by molar-refractivity contribution is 0.0982. The third-order valence-corrected chi connectivity index (χ3v) is 2.47. The van der Waals surface area contributed by atoms with E-state index >= 15 is 0 Å². The predicted molar refractivity (Wildman–Crippen MR) is 61.2 cm³/mol. The highest BCUT2D eigenvalue weighted by Gasteiger charge is 2.11. The lowest BCUT2D eigenvalue weighted by Crippen LogP contribution is -2.09. The minimum atomic E-state index is -0.297. The Morgan fingerprint density at radius 2 is 2.00 bits per heavy atom. The summed E-state index contributed by atoms with van der Waals surface area (Å²) in [6.07, 6.45) is 3.24. The van der Waals surface area contributed by atoms with Gasteiger partial charge in [-0.15, -0.1) is 0 Å². The van der Waals surface area contributed by atoms with Crippen LogP contribution in [0.4, 0.5) is 4.39 Å². The molecule has 17 heavy (non-hydrogen) atoms. The first-order valence-electron chi connectivity index (χ1n) is 5.22. The molecule has 0 aliphatic heterocycles. The van der Waals surface area contributed by atoms with Gasteiger partial charge in [-0.3, -0.25) is 4.79 Å². The van der Waals surface area contributed by atoms with Crippen LogP contribution in [-0.4, -0.2) is 15.8 Å². The van der Waals surface area contributed by atoms with Gasteiger partial charge in [-0.05, 0) is 36.2 Å². The van der Waals surface area contributed by atoms with Gasteiger partial charge in [0, 0.05) is 18.8 Å². The van der Waals surface area contributed by atoms with Crippen molar-refractivity contribution in [3.8, 4) is 0 Å². The standard InChI is InChI=1S/C13H11FN2O/c1-9-7-11(14)4-3-10(9)8-12(17)13-15-5-2-6-16-13/h2-7H,8H2,1H3. The molecule has 1 heterocycles. The molecule has 0 saturated carbocycles. The molecule has 0 fully saturated rings. The number of halogens is 1. The Bertz CT molecular complexity index is 540. The van der Waals surface area contributed by atoms with Crippen LogP contribution in [0.15, 0.2) is 36.7 Å². The number of carbonyl (C=O) groups excluding carboxylic acids is 1. The average Bonchev–Trinajstić information content (AvgIpc) is 2.34. The van der Waals surface area contributed by atoms with Gasteiger partial charge in [-0.2, -0.15) is 0 Å². The van der Waals surface area contributed by atoms with Crippen molar-refractivity contribution in [3.05, 3.63) is 59.4 Å². The molecule has 0 atom stereocenters. The smallest absolute Gasteiger partial charge is 0.204 e. The number of hydrogen-bond acceptors (Lipinski definition) is 3. The van der Waals surface area contributed by atoms with Crippen molar-refractivity contribution in [2.24, 2.45) is 0 Å². The SMILES string of the molecule is Cc1cc(F)ccc1CC(=O)c1ncccn1. The average molecular weight is 230 g/mol. The fourth-order valence-electron chi connectivity index (χ4n) is 1.55. The van der Waals surface area contributed by atoms with Gasteiger partial charge in [-0.1, -0.05) is 6.07 Å². The largest absolute Gasteiger partial charge is 0.290 e. The van der Waals surface area contributed by atoms with Crippen LogP contribution < -0.4 is 0 Å². The zero-order valence-corrected chi connectivity index (χ0v) is 9.35. The second-order valence-corrected chi connectivity index (χ2v) is 3.74. The summed E-state index contributed by atoms with van der Waals surface area (Å²) in [6.45, 7) is 1.78. The first-order chi connectivity index (χ1) is 8.16. The highest BCUT2D eigenvalue weighted by Crippen LogP contribution is 2.12. The van der Waals surface area contributed by atoms with Crippen LogP contribution >= 0.6 is 0 Å². The fourth-order valence-corrected chi connectivity index (χ4v) is 1.55. The van der Waals surface area contributed by atoms with Gasteiger partial charge in [-0.25, -0.2) is 14.4 Å². The van der Waals surface area contributed by atoms with E-state index in [1.807, 2.05) is 0 Å².